The largest absolute Gasteiger partial charge is 0.462 e. The number of rotatable bonds is 34. The van der Waals surface area contributed by atoms with Gasteiger partial charge < -0.3 is 34.3 Å². The molecule has 0 bridgehead atoms. The number of aliphatic hydroxyl groups is 3. The maximum Gasteiger partial charge on any atom is 0.306 e. The van der Waals surface area contributed by atoms with Crippen molar-refractivity contribution in [2.45, 2.75) is 173 Å². The lowest BCUT2D eigenvalue weighted by atomic mass is 10.00. The minimum atomic E-state index is -4.61. The minimum absolute atomic E-state index is 0.0779. The van der Waals surface area contributed by atoms with Gasteiger partial charge in [0.1, 0.15) is 36.8 Å². The van der Waals surface area contributed by atoms with Gasteiger partial charge in [0.25, 0.3) is 10.1 Å². The predicted octanol–water partition coefficient (Wildman–Crippen LogP) is 8.50. The Kier molecular flexibility index (Phi) is 32.5. The monoisotopic (exact) mass is 850 g/mol. The van der Waals surface area contributed by atoms with Gasteiger partial charge in [0.2, 0.25) is 0 Å². The first-order chi connectivity index (χ1) is 28.5. The Labute approximate surface area is 354 Å². The van der Waals surface area contributed by atoms with Gasteiger partial charge in [0.15, 0.2) is 12.4 Å². The Balaban J connectivity index is 2.54. The average Bonchev–Trinajstić information content (AvgIpc) is 3.20. The summed E-state index contributed by atoms with van der Waals surface area (Å²) >= 11 is 0. The van der Waals surface area contributed by atoms with Crippen LogP contribution < -0.4 is 0 Å². The van der Waals surface area contributed by atoms with Crippen molar-refractivity contribution in [1.82, 2.24) is 0 Å². The van der Waals surface area contributed by atoms with Crippen LogP contribution in [-0.2, 0) is 38.7 Å². The Morgan fingerprint density at radius 3 is 1.64 bits per heavy atom. The third-order valence-electron chi connectivity index (χ3n) is 9.21. The summed E-state index contributed by atoms with van der Waals surface area (Å²) in [5.74, 6) is -2.09. The molecule has 0 aromatic rings. The van der Waals surface area contributed by atoms with Crippen LogP contribution in [-0.4, -0.2) is 96.0 Å². The van der Waals surface area contributed by atoms with E-state index in [1.807, 2.05) is 12.2 Å². The fourth-order valence-corrected chi connectivity index (χ4v) is 6.54. The van der Waals surface area contributed by atoms with E-state index in [0.717, 1.165) is 77.0 Å². The van der Waals surface area contributed by atoms with E-state index < -0.39 is 71.2 Å². The highest BCUT2D eigenvalue weighted by molar-refractivity contribution is 7.85. The van der Waals surface area contributed by atoms with E-state index in [2.05, 4.69) is 86.8 Å². The van der Waals surface area contributed by atoms with Crippen LogP contribution in [0, 0.1) is 0 Å². The molecule has 1 heterocycles. The van der Waals surface area contributed by atoms with Crippen molar-refractivity contribution in [3.05, 3.63) is 85.1 Å². The van der Waals surface area contributed by atoms with Gasteiger partial charge in [-0.25, -0.2) is 0 Å². The summed E-state index contributed by atoms with van der Waals surface area (Å²) in [7, 11) is -4.61. The number of allylic oxidation sites excluding steroid dienone is 14. The summed E-state index contributed by atoms with van der Waals surface area (Å²) in [6, 6.07) is 0. The van der Waals surface area contributed by atoms with E-state index in [1.165, 1.54) is 12.8 Å². The third kappa shape index (κ3) is 30.5. The molecule has 1 fully saturated rings. The van der Waals surface area contributed by atoms with E-state index in [4.69, 9.17) is 18.9 Å². The van der Waals surface area contributed by atoms with Crippen molar-refractivity contribution in [1.29, 1.82) is 0 Å². The number of carbonyl (C=O) groups is 2. The normalized spacial score (nSPS) is 21.1. The second-order valence-electron chi connectivity index (χ2n) is 14.6. The first kappa shape index (κ1) is 53.8. The number of unbranched alkanes of at least 4 members (excludes halogenated alkanes) is 8. The van der Waals surface area contributed by atoms with Gasteiger partial charge >= 0.3 is 11.9 Å². The standard InChI is InChI=1S/C46H74O12S/c1-3-5-7-9-11-13-15-17-19-20-21-23-25-27-29-31-33-35-42(48)57-39(37-56-46-45(51)44(50)43(49)40(58-46)38-59(52,53)54)36-55-41(47)34-32-30-28-26-24-22-18-16-14-12-10-8-6-4-2/h5,7,10-13,16-19,21,23,27,29,39-40,43-46,49-51H,3-4,6,8-9,14-15,20,22,24-26,28,30-38H2,1-2H3,(H,52,53,54)/b7-5-,12-10-,13-11-,18-16-,19-17-,23-21-,29-27-. The van der Waals surface area contributed by atoms with E-state index in [1.54, 1.807) is 0 Å². The molecule has 0 saturated carbocycles. The van der Waals surface area contributed by atoms with Crippen LogP contribution in [0.4, 0.5) is 0 Å². The summed E-state index contributed by atoms with van der Waals surface area (Å²) in [5.41, 5.74) is 0. The van der Waals surface area contributed by atoms with E-state index >= 15 is 0 Å². The van der Waals surface area contributed by atoms with Crippen LogP contribution in [0.5, 0.6) is 0 Å². The van der Waals surface area contributed by atoms with E-state index in [-0.39, 0.29) is 19.4 Å². The highest BCUT2D eigenvalue weighted by Gasteiger charge is 2.46. The van der Waals surface area contributed by atoms with Crippen molar-refractivity contribution in [2.24, 2.45) is 0 Å². The average molecular weight is 851 g/mol. The van der Waals surface area contributed by atoms with E-state index in [9.17, 15) is 37.9 Å². The summed E-state index contributed by atoms with van der Waals surface area (Å²) in [4.78, 5) is 25.3. The zero-order valence-corrected chi connectivity index (χ0v) is 36.4. The molecule has 4 N–H and O–H groups in total. The van der Waals surface area contributed by atoms with Crippen LogP contribution in [0.15, 0.2) is 85.1 Å². The molecule has 1 rings (SSSR count). The lowest BCUT2D eigenvalue weighted by Gasteiger charge is -2.40. The molecular weight excluding hydrogens is 777 g/mol. The van der Waals surface area contributed by atoms with Gasteiger partial charge in [-0.05, 0) is 77.0 Å². The Morgan fingerprint density at radius 2 is 1.08 bits per heavy atom. The Morgan fingerprint density at radius 1 is 0.593 bits per heavy atom. The first-order valence-electron chi connectivity index (χ1n) is 21.6. The van der Waals surface area contributed by atoms with Crippen molar-refractivity contribution < 1.29 is 56.8 Å². The molecule has 1 aliphatic heterocycles. The molecule has 0 amide bonds. The Hall–Kier alpha value is -3.17. The number of carbonyl (C=O) groups excluding carboxylic acids is 2. The SMILES string of the molecule is CC/C=C\C/C=C\C/C=C\C/C=C\C/C=C\CCCC(=O)OC(COC(=O)CCCCCCC/C=C\C/C=C\CCCC)COC1OC(CS(=O)(=O)O)C(O)C(O)C1O. The molecule has 0 spiro atoms. The predicted molar refractivity (Wildman–Crippen MR) is 233 cm³/mol. The van der Waals surface area contributed by atoms with E-state index in [0.29, 0.717) is 19.3 Å². The summed E-state index contributed by atoms with van der Waals surface area (Å²) in [6.07, 6.45) is 36.3. The quantitative estimate of drug-likeness (QED) is 0.0210. The maximum atomic E-state index is 12.8. The van der Waals surface area contributed by atoms with Gasteiger partial charge in [-0.2, -0.15) is 8.42 Å². The van der Waals surface area contributed by atoms with Crippen LogP contribution in [0.3, 0.4) is 0 Å². The summed E-state index contributed by atoms with van der Waals surface area (Å²) in [6.45, 7) is 3.52. The van der Waals surface area contributed by atoms with Gasteiger partial charge in [-0.3, -0.25) is 14.1 Å². The zero-order chi connectivity index (χ0) is 43.4. The lowest BCUT2D eigenvalue weighted by Crippen LogP contribution is -2.60. The number of hydrogen-bond acceptors (Lipinski definition) is 11. The van der Waals surface area contributed by atoms with Gasteiger partial charge in [0, 0.05) is 12.8 Å². The maximum absolute atomic E-state index is 12.8. The second-order valence-corrected chi connectivity index (χ2v) is 16.1. The highest BCUT2D eigenvalue weighted by Crippen LogP contribution is 2.24. The number of aliphatic hydroxyl groups excluding tert-OH is 3. The van der Waals surface area contributed by atoms with Gasteiger partial charge in [-0.1, -0.05) is 131 Å². The molecule has 6 atom stereocenters. The topological polar surface area (TPSA) is 186 Å². The lowest BCUT2D eigenvalue weighted by molar-refractivity contribution is -0.297. The van der Waals surface area contributed by atoms with Gasteiger partial charge in [-0.15, -0.1) is 0 Å². The molecular formula is C46H74O12S. The molecule has 59 heavy (non-hydrogen) atoms. The molecule has 0 radical (unpaired) electrons. The minimum Gasteiger partial charge on any atom is -0.462 e. The van der Waals surface area contributed by atoms with Crippen molar-refractivity contribution in [3.8, 4) is 0 Å². The fraction of sp³-hybridized carbons (Fsp3) is 0.652. The molecule has 12 nitrogen and oxygen atoms in total. The van der Waals surface area contributed by atoms with Crippen LogP contribution in [0.2, 0.25) is 0 Å². The molecule has 1 saturated heterocycles. The van der Waals surface area contributed by atoms with Crippen molar-refractivity contribution in [2.75, 3.05) is 19.0 Å². The molecule has 1 aliphatic rings. The molecule has 0 aliphatic carbocycles. The first-order valence-corrected chi connectivity index (χ1v) is 23.3. The van der Waals surface area contributed by atoms with Crippen LogP contribution in [0.1, 0.15) is 136 Å². The third-order valence-corrected chi connectivity index (χ3v) is 9.96. The second kappa shape index (κ2) is 35.6. The molecule has 6 unspecified atom stereocenters. The zero-order valence-electron chi connectivity index (χ0n) is 35.6. The van der Waals surface area contributed by atoms with Crippen molar-refractivity contribution in [3.63, 3.8) is 0 Å². The van der Waals surface area contributed by atoms with Gasteiger partial charge in [0.05, 0.1) is 6.61 Å². The van der Waals surface area contributed by atoms with Crippen molar-refractivity contribution >= 4 is 22.1 Å². The Bertz CT molecular complexity index is 1410. The molecule has 0 aromatic heterocycles. The summed E-state index contributed by atoms with van der Waals surface area (Å²) < 4.78 is 53.9. The molecule has 336 valence electrons. The number of ether oxygens (including phenoxy) is 4. The molecule has 0 aromatic carbocycles. The highest BCUT2D eigenvalue weighted by atomic mass is 32.2. The molecule has 13 heteroatoms. The summed E-state index contributed by atoms with van der Waals surface area (Å²) in [5, 5.41) is 30.8. The number of hydrogen-bond donors (Lipinski definition) is 4. The van der Waals surface area contributed by atoms with Crippen LogP contribution >= 0.6 is 0 Å². The fourth-order valence-electron chi connectivity index (χ4n) is 5.84. The number of esters is 2. The smallest absolute Gasteiger partial charge is 0.306 e. The van der Waals surface area contributed by atoms with Crippen LogP contribution in [0.25, 0.3) is 0 Å².